The van der Waals surface area contributed by atoms with Crippen LogP contribution < -0.4 is 14.4 Å². The highest BCUT2D eigenvalue weighted by atomic mass is 32.2. The maximum atomic E-state index is 13.2. The lowest BCUT2D eigenvalue weighted by molar-refractivity contribution is -0.120. The standard InChI is InChI=1S/C23H27N3O4S2/c1-28-17-3-5-18(6-4-17)30-16-22(27)26(10-9-25-11-13-29-14-12-25)23-24-20-8-7-19(31-2)15-21(20)32-23/h3-8,15H,9-14,16H2,1-2H3. The van der Waals surface area contributed by atoms with E-state index in [1.165, 1.54) is 4.90 Å². The molecule has 1 amide bonds. The van der Waals surface area contributed by atoms with Crippen molar-refractivity contribution in [2.75, 3.05) is 64.3 Å². The lowest BCUT2D eigenvalue weighted by atomic mass is 10.3. The molecule has 1 aliphatic rings. The first-order valence-electron chi connectivity index (χ1n) is 10.5. The molecule has 4 rings (SSSR count). The zero-order chi connectivity index (χ0) is 22.3. The third-order valence-electron chi connectivity index (χ3n) is 5.28. The Morgan fingerprint density at radius 2 is 1.94 bits per heavy atom. The summed E-state index contributed by atoms with van der Waals surface area (Å²) in [6.45, 7) is 4.48. The lowest BCUT2D eigenvalue weighted by Gasteiger charge is -2.29. The Labute approximate surface area is 196 Å². The molecule has 0 N–H and O–H groups in total. The van der Waals surface area contributed by atoms with Crippen LogP contribution in [0.2, 0.25) is 0 Å². The minimum atomic E-state index is -0.113. The Morgan fingerprint density at radius 3 is 2.66 bits per heavy atom. The predicted octanol–water partition coefficient (Wildman–Crippen LogP) is 3.77. The fourth-order valence-electron chi connectivity index (χ4n) is 3.42. The van der Waals surface area contributed by atoms with Crippen molar-refractivity contribution < 1.29 is 19.0 Å². The predicted molar refractivity (Wildman–Crippen MR) is 130 cm³/mol. The Kier molecular flexibility index (Phi) is 7.85. The number of fused-ring (bicyclic) bond motifs is 1. The second-order valence-electron chi connectivity index (χ2n) is 7.29. The number of rotatable bonds is 9. The van der Waals surface area contributed by atoms with Crippen molar-refractivity contribution in [2.45, 2.75) is 4.90 Å². The number of hydrogen-bond donors (Lipinski definition) is 0. The monoisotopic (exact) mass is 473 g/mol. The molecule has 7 nitrogen and oxygen atoms in total. The first-order valence-corrected chi connectivity index (χ1v) is 12.5. The molecule has 0 radical (unpaired) electrons. The average molecular weight is 474 g/mol. The zero-order valence-corrected chi connectivity index (χ0v) is 19.9. The van der Waals surface area contributed by atoms with Crippen LogP contribution >= 0.6 is 23.1 Å². The number of hydrogen-bond acceptors (Lipinski definition) is 8. The summed E-state index contributed by atoms with van der Waals surface area (Å²) in [5, 5.41) is 0.704. The van der Waals surface area contributed by atoms with E-state index in [1.807, 2.05) is 18.2 Å². The molecule has 2 aromatic carbocycles. The molecule has 1 saturated heterocycles. The highest BCUT2D eigenvalue weighted by molar-refractivity contribution is 7.98. The van der Waals surface area contributed by atoms with Gasteiger partial charge in [0.15, 0.2) is 11.7 Å². The summed E-state index contributed by atoms with van der Waals surface area (Å²) in [5.74, 6) is 1.26. The van der Waals surface area contributed by atoms with Crippen LogP contribution in [-0.4, -0.2) is 75.2 Å². The molecule has 32 heavy (non-hydrogen) atoms. The molecule has 1 fully saturated rings. The summed E-state index contributed by atoms with van der Waals surface area (Å²) in [5.41, 5.74) is 0.906. The van der Waals surface area contributed by atoms with Crippen LogP contribution in [-0.2, 0) is 9.53 Å². The highest BCUT2D eigenvalue weighted by Crippen LogP contribution is 2.31. The smallest absolute Gasteiger partial charge is 0.266 e. The molecule has 1 aromatic heterocycles. The molecule has 0 aliphatic carbocycles. The van der Waals surface area contributed by atoms with E-state index < -0.39 is 0 Å². The van der Waals surface area contributed by atoms with E-state index in [-0.39, 0.29) is 12.5 Å². The first kappa shape index (κ1) is 22.8. The number of aromatic nitrogens is 1. The number of carbonyl (C=O) groups is 1. The summed E-state index contributed by atoms with van der Waals surface area (Å²) in [6.07, 6.45) is 2.05. The SMILES string of the molecule is COc1ccc(OCC(=O)N(CCN2CCOCC2)c2nc3ccc(SC)cc3s2)cc1. The van der Waals surface area contributed by atoms with E-state index in [0.717, 1.165) is 48.8 Å². The van der Waals surface area contributed by atoms with Crippen LogP contribution in [0.5, 0.6) is 11.5 Å². The quantitative estimate of drug-likeness (QED) is 0.438. The van der Waals surface area contributed by atoms with Gasteiger partial charge in [-0.05, 0) is 48.7 Å². The van der Waals surface area contributed by atoms with Gasteiger partial charge in [-0.3, -0.25) is 14.6 Å². The second-order valence-corrected chi connectivity index (χ2v) is 9.18. The molecule has 1 aliphatic heterocycles. The molecular formula is C23H27N3O4S2. The zero-order valence-electron chi connectivity index (χ0n) is 18.3. The van der Waals surface area contributed by atoms with Gasteiger partial charge in [-0.2, -0.15) is 0 Å². The van der Waals surface area contributed by atoms with Gasteiger partial charge in [-0.1, -0.05) is 11.3 Å². The minimum absolute atomic E-state index is 0.0541. The number of amides is 1. The number of morpholine rings is 1. The summed E-state index contributed by atoms with van der Waals surface area (Å²) in [7, 11) is 1.62. The third kappa shape index (κ3) is 5.72. The van der Waals surface area contributed by atoms with E-state index >= 15 is 0 Å². The van der Waals surface area contributed by atoms with Crippen molar-refractivity contribution >= 4 is 44.4 Å². The van der Waals surface area contributed by atoms with E-state index in [2.05, 4.69) is 23.3 Å². The molecule has 170 valence electrons. The molecule has 0 bridgehead atoms. The molecule has 9 heteroatoms. The molecule has 3 aromatic rings. The van der Waals surface area contributed by atoms with E-state index in [1.54, 1.807) is 47.2 Å². The molecule has 0 unspecified atom stereocenters. The number of methoxy groups -OCH3 is 1. The van der Waals surface area contributed by atoms with Crippen LogP contribution in [0.25, 0.3) is 10.2 Å². The Morgan fingerprint density at radius 1 is 1.19 bits per heavy atom. The van der Waals surface area contributed by atoms with Gasteiger partial charge >= 0.3 is 0 Å². The number of thiazole rings is 1. The summed E-state index contributed by atoms with van der Waals surface area (Å²) < 4.78 is 17.5. The fraction of sp³-hybridized carbons (Fsp3) is 0.391. The molecular weight excluding hydrogens is 446 g/mol. The topological polar surface area (TPSA) is 64.1 Å². The van der Waals surface area contributed by atoms with Crippen LogP contribution in [0.15, 0.2) is 47.4 Å². The van der Waals surface area contributed by atoms with Crippen molar-refractivity contribution in [3.63, 3.8) is 0 Å². The van der Waals surface area contributed by atoms with Gasteiger partial charge in [0, 0.05) is 31.1 Å². The van der Waals surface area contributed by atoms with Crippen molar-refractivity contribution in [1.82, 2.24) is 9.88 Å². The largest absolute Gasteiger partial charge is 0.497 e. The summed E-state index contributed by atoms with van der Waals surface area (Å²) in [4.78, 5) is 23.2. The van der Waals surface area contributed by atoms with Crippen LogP contribution in [0.3, 0.4) is 0 Å². The van der Waals surface area contributed by atoms with Crippen molar-refractivity contribution in [1.29, 1.82) is 0 Å². The first-order chi connectivity index (χ1) is 15.7. The Hall–Kier alpha value is -2.33. The average Bonchev–Trinajstić information content (AvgIpc) is 3.26. The summed E-state index contributed by atoms with van der Waals surface area (Å²) >= 11 is 3.24. The normalized spacial score (nSPS) is 14.4. The lowest BCUT2D eigenvalue weighted by Crippen LogP contribution is -2.44. The van der Waals surface area contributed by atoms with Gasteiger partial charge in [-0.25, -0.2) is 4.98 Å². The van der Waals surface area contributed by atoms with Crippen molar-refractivity contribution in [3.8, 4) is 11.5 Å². The van der Waals surface area contributed by atoms with E-state index in [9.17, 15) is 4.79 Å². The molecule has 2 heterocycles. The minimum Gasteiger partial charge on any atom is -0.497 e. The maximum Gasteiger partial charge on any atom is 0.266 e. The molecule has 0 saturated carbocycles. The van der Waals surface area contributed by atoms with E-state index in [0.29, 0.717) is 17.4 Å². The molecule has 0 atom stereocenters. The second kappa shape index (κ2) is 11.0. The van der Waals surface area contributed by atoms with Crippen LogP contribution in [0.1, 0.15) is 0 Å². The van der Waals surface area contributed by atoms with Crippen molar-refractivity contribution in [2.24, 2.45) is 0 Å². The number of nitrogens with zero attached hydrogens (tertiary/aromatic N) is 3. The van der Waals surface area contributed by atoms with Gasteiger partial charge in [0.25, 0.3) is 5.91 Å². The number of anilines is 1. The van der Waals surface area contributed by atoms with E-state index in [4.69, 9.17) is 19.2 Å². The van der Waals surface area contributed by atoms with Gasteiger partial charge in [0.1, 0.15) is 11.5 Å². The number of thioether (sulfide) groups is 1. The maximum absolute atomic E-state index is 13.2. The van der Waals surface area contributed by atoms with Crippen LogP contribution in [0.4, 0.5) is 5.13 Å². The summed E-state index contributed by atoms with van der Waals surface area (Å²) in [6, 6.07) is 13.4. The number of ether oxygens (including phenoxy) is 3. The van der Waals surface area contributed by atoms with Gasteiger partial charge in [0.2, 0.25) is 0 Å². The number of benzene rings is 2. The van der Waals surface area contributed by atoms with Gasteiger partial charge in [0.05, 0.1) is 30.5 Å². The van der Waals surface area contributed by atoms with Gasteiger partial charge in [-0.15, -0.1) is 11.8 Å². The fourth-order valence-corrected chi connectivity index (χ4v) is 4.99. The Bertz CT molecular complexity index is 1040. The Balaban J connectivity index is 1.49. The number of carbonyl (C=O) groups excluding carboxylic acids is 1. The highest BCUT2D eigenvalue weighted by Gasteiger charge is 2.22. The van der Waals surface area contributed by atoms with Crippen LogP contribution in [0, 0.1) is 0 Å². The van der Waals surface area contributed by atoms with Gasteiger partial charge < -0.3 is 14.2 Å². The van der Waals surface area contributed by atoms with Crippen molar-refractivity contribution in [3.05, 3.63) is 42.5 Å². The molecule has 0 spiro atoms. The third-order valence-corrected chi connectivity index (χ3v) is 7.05.